The Morgan fingerprint density at radius 2 is 1.78 bits per heavy atom. The van der Waals surface area contributed by atoms with Crippen LogP contribution >= 0.6 is 0 Å². The first-order valence-electron chi connectivity index (χ1n) is 10.6. The zero-order valence-corrected chi connectivity index (χ0v) is 18.6. The fraction of sp³-hybridized carbons (Fsp3) is 0.333. The number of likely N-dealkylation sites (N-methyl/N-ethyl adjacent to an activating group) is 1. The van der Waals surface area contributed by atoms with Gasteiger partial charge >= 0.3 is 0 Å². The van der Waals surface area contributed by atoms with Gasteiger partial charge in [0.2, 0.25) is 5.91 Å². The Morgan fingerprint density at radius 1 is 1.09 bits per heavy atom. The fourth-order valence-corrected chi connectivity index (χ4v) is 3.67. The Kier molecular flexibility index (Phi) is 7.72. The minimum Gasteiger partial charge on any atom is -0.383 e. The highest BCUT2D eigenvalue weighted by molar-refractivity contribution is 6.35. The molecular formula is C24H28N4O4. The van der Waals surface area contributed by atoms with E-state index in [1.165, 1.54) is 18.9 Å². The van der Waals surface area contributed by atoms with Crippen LogP contribution in [0.25, 0.3) is 5.57 Å². The van der Waals surface area contributed by atoms with Crippen LogP contribution in [0.1, 0.15) is 25.0 Å². The van der Waals surface area contributed by atoms with Crippen LogP contribution in [0, 0.1) is 0 Å². The molecule has 168 valence electrons. The van der Waals surface area contributed by atoms with Crippen LogP contribution in [0.3, 0.4) is 0 Å². The van der Waals surface area contributed by atoms with E-state index in [2.05, 4.69) is 10.3 Å². The third-order valence-electron chi connectivity index (χ3n) is 5.27. The van der Waals surface area contributed by atoms with Crippen molar-refractivity contribution in [3.63, 3.8) is 0 Å². The average Bonchev–Trinajstić information content (AvgIpc) is 3.03. The van der Waals surface area contributed by atoms with E-state index in [1.807, 2.05) is 24.0 Å². The zero-order chi connectivity index (χ0) is 23.1. The third-order valence-corrected chi connectivity index (χ3v) is 5.27. The Hall–Kier alpha value is -3.52. The highest BCUT2D eigenvalue weighted by Crippen LogP contribution is 2.32. The van der Waals surface area contributed by atoms with Crippen LogP contribution in [0.2, 0.25) is 0 Å². The summed E-state index contributed by atoms with van der Waals surface area (Å²) in [6.45, 7) is 5.01. The Labute approximate surface area is 187 Å². The molecule has 2 aromatic rings. The molecule has 1 aromatic heterocycles. The van der Waals surface area contributed by atoms with Gasteiger partial charge in [-0.15, -0.1) is 0 Å². The van der Waals surface area contributed by atoms with Crippen molar-refractivity contribution in [1.82, 2.24) is 14.8 Å². The van der Waals surface area contributed by atoms with Crippen molar-refractivity contribution in [2.24, 2.45) is 0 Å². The highest BCUT2D eigenvalue weighted by atomic mass is 16.5. The number of nitrogens with one attached hydrogen (secondary N) is 1. The smallest absolute Gasteiger partial charge is 0.277 e. The molecule has 0 fully saturated rings. The van der Waals surface area contributed by atoms with Gasteiger partial charge in [0.15, 0.2) is 0 Å². The predicted octanol–water partition coefficient (Wildman–Crippen LogP) is 2.33. The molecule has 1 aromatic carbocycles. The molecule has 8 heteroatoms. The summed E-state index contributed by atoms with van der Waals surface area (Å²) in [6, 6.07) is 10.8. The number of ether oxygens (including phenoxy) is 1. The summed E-state index contributed by atoms with van der Waals surface area (Å²) in [5.74, 6) is -0.829. The second kappa shape index (κ2) is 10.7. The summed E-state index contributed by atoms with van der Waals surface area (Å²) >= 11 is 0. The molecule has 3 rings (SSSR count). The first kappa shape index (κ1) is 23.1. The zero-order valence-electron chi connectivity index (χ0n) is 18.6. The molecule has 3 amide bonds. The lowest BCUT2D eigenvalue weighted by Crippen LogP contribution is -2.37. The van der Waals surface area contributed by atoms with Gasteiger partial charge in [0.25, 0.3) is 11.8 Å². The number of benzene rings is 1. The predicted molar refractivity (Wildman–Crippen MR) is 121 cm³/mol. The van der Waals surface area contributed by atoms with E-state index < -0.39 is 0 Å². The van der Waals surface area contributed by atoms with Gasteiger partial charge in [-0.2, -0.15) is 0 Å². The molecule has 0 saturated carbocycles. The second-order valence-corrected chi connectivity index (χ2v) is 7.42. The number of anilines is 1. The third kappa shape index (κ3) is 5.20. The van der Waals surface area contributed by atoms with Gasteiger partial charge in [-0.1, -0.05) is 12.1 Å². The van der Waals surface area contributed by atoms with Crippen LogP contribution in [0.15, 0.2) is 54.5 Å². The monoisotopic (exact) mass is 436 g/mol. The molecule has 0 radical (unpaired) electrons. The van der Waals surface area contributed by atoms with Gasteiger partial charge in [-0.05, 0) is 48.7 Å². The van der Waals surface area contributed by atoms with E-state index in [1.54, 1.807) is 36.7 Å². The van der Waals surface area contributed by atoms with E-state index in [0.717, 1.165) is 5.56 Å². The summed E-state index contributed by atoms with van der Waals surface area (Å²) in [5.41, 5.74) is 3.14. The number of hydrogen-bond acceptors (Lipinski definition) is 6. The van der Waals surface area contributed by atoms with Gasteiger partial charge in [-0.3, -0.25) is 24.3 Å². The SMILES string of the molecule is CCN(CCc1ccncc1)C1=C(c2ccc(NC(C)=O)cc2)C(=O)N(CCOC)C1=O. The molecule has 1 aliphatic rings. The first-order chi connectivity index (χ1) is 15.5. The van der Waals surface area contributed by atoms with Gasteiger partial charge in [-0.25, -0.2) is 0 Å². The number of rotatable bonds is 10. The van der Waals surface area contributed by atoms with E-state index in [4.69, 9.17) is 4.74 Å². The number of pyridine rings is 1. The quantitative estimate of drug-likeness (QED) is 0.575. The van der Waals surface area contributed by atoms with Crippen LogP contribution in [-0.4, -0.2) is 65.9 Å². The van der Waals surface area contributed by atoms with E-state index >= 15 is 0 Å². The first-order valence-corrected chi connectivity index (χ1v) is 10.6. The molecule has 32 heavy (non-hydrogen) atoms. The molecule has 1 N–H and O–H groups in total. The molecule has 0 saturated heterocycles. The highest BCUT2D eigenvalue weighted by Gasteiger charge is 2.40. The normalized spacial score (nSPS) is 13.7. The van der Waals surface area contributed by atoms with Crippen LogP contribution in [-0.2, 0) is 25.5 Å². The number of carbonyl (C=O) groups excluding carboxylic acids is 3. The van der Waals surface area contributed by atoms with Gasteiger partial charge in [0.05, 0.1) is 18.7 Å². The number of carbonyl (C=O) groups is 3. The summed E-state index contributed by atoms with van der Waals surface area (Å²) in [4.78, 5) is 45.1. The maximum absolute atomic E-state index is 13.3. The lowest BCUT2D eigenvalue weighted by Gasteiger charge is -2.25. The van der Waals surface area contributed by atoms with Crippen molar-refractivity contribution in [3.8, 4) is 0 Å². The van der Waals surface area contributed by atoms with Crippen molar-refractivity contribution >= 4 is 29.0 Å². The number of nitrogens with zero attached hydrogens (tertiary/aromatic N) is 3. The maximum Gasteiger partial charge on any atom is 0.277 e. The number of hydrogen-bond donors (Lipinski definition) is 1. The van der Waals surface area contributed by atoms with Gasteiger partial charge in [0, 0.05) is 45.2 Å². The van der Waals surface area contributed by atoms with Crippen molar-refractivity contribution in [2.45, 2.75) is 20.3 Å². The average molecular weight is 437 g/mol. The molecule has 0 spiro atoms. The maximum atomic E-state index is 13.3. The second-order valence-electron chi connectivity index (χ2n) is 7.42. The number of aromatic nitrogens is 1. The number of methoxy groups -OCH3 is 1. The standard InChI is InChI=1S/C24H28N4O4/c1-4-27(14-11-18-9-12-25-13-10-18)22-21(23(30)28(24(22)31)15-16-32-3)19-5-7-20(8-6-19)26-17(2)29/h5-10,12-13H,4,11,14-16H2,1-3H3,(H,26,29). The van der Waals surface area contributed by atoms with Crippen molar-refractivity contribution in [2.75, 3.05) is 38.7 Å². The topological polar surface area (TPSA) is 91.8 Å². The Balaban J connectivity index is 1.96. The van der Waals surface area contributed by atoms with Gasteiger partial charge < -0.3 is 15.0 Å². The summed E-state index contributed by atoms with van der Waals surface area (Å²) in [5, 5.41) is 2.71. The minimum atomic E-state index is -0.336. The van der Waals surface area contributed by atoms with Gasteiger partial charge in [0.1, 0.15) is 5.70 Å². The molecule has 0 aliphatic carbocycles. The lowest BCUT2D eigenvalue weighted by molar-refractivity contribution is -0.138. The van der Waals surface area contributed by atoms with Crippen molar-refractivity contribution < 1.29 is 19.1 Å². The number of amides is 3. The molecule has 0 unspecified atom stereocenters. The summed E-state index contributed by atoms with van der Waals surface area (Å²) < 4.78 is 5.10. The van der Waals surface area contributed by atoms with Crippen molar-refractivity contribution in [3.05, 3.63) is 65.6 Å². The van der Waals surface area contributed by atoms with Crippen molar-refractivity contribution in [1.29, 1.82) is 0 Å². The summed E-state index contributed by atoms with van der Waals surface area (Å²) in [7, 11) is 1.54. The van der Waals surface area contributed by atoms with E-state index in [0.29, 0.717) is 42.0 Å². The molecule has 0 bridgehead atoms. The molecule has 0 atom stereocenters. The fourth-order valence-electron chi connectivity index (χ4n) is 3.67. The van der Waals surface area contributed by atoms with Crippen LogP contribution in [0.5, 0.6) is 0 Å². The Morgan fingerprint density at radius 3 is 2.38 bits per heavy atom. The number of imide groups is 1. The van der Waals surface area contributed by atoms with E-state index in [9.17, 15) is 14.4 Å². The molecule has 8 nitrogen and oxygen atoms in total. The summed E-state index contributed by atoms with van der Waals surface area (Å²) in [6.07, 6.45) is 4.20. The van der Waals surface area contributed by atoms with Crippen LogP contribution < -0.4 is 5.32 Å². The largest absolute Gasteiger partial charge is 0.383 e. The molecular weight excluding hydrogens is 408 g/mol. The van der Waals surface area contributed by atoms with E-state index in [-0.39, 0.29) is 30.9 Å². The lowest BCUT2D eigenvalue weighted by atomic mass is 10.0. The molecule has 2 heterocycles. The molecule has 1 aliphatic heterocycles. The van der Waals surface area contributed by atoms with Crippen LogP contribution in [0.4, 0.5) is 5.69 Å². The minimum absolute atomic E-state index is 0.177. The Bertz CT molecular complexity index is 1000.